The van der Waals surface area contributed by atoms with Crippen LogP contribution in [0, 0.1) is 17.6 Å². The van der Waals surface area contributed by atoms with Gasteiger partial charge in [0.15, 0.2) is 0 Å². The van der Waals surface area contributed by atoms with Crippen LogP contribution in [0.4, 0.5) is 13.2 Å². The van der Waals surface area contributed by atoms with Crippen molar-refractivity contribution in [2.24, 2.45) is 5.92 Å². The largest absolute Gasteiger partial charge is 0.489 e. The van der Waals surface area contributed by atoms with Crippen molar-refractivity contribution < 1.29 is 17.9 Å². The molecule has 2 aromatic carbocycles. The summed E-state index contributed by atoms with van der Waals surface area (Å²) in [6.07, 6.45) is 6.29. The number of fused-ring (bicyclic) bond motifs is 2. The number of hydrogen-bond donors (Lipinski definition) is 0. The van der Waals surface area contributed by atoms with Crippen molar-refractivity contribution in [3.05, 3.63) is 70.3 Å². The highest BCUT2D eigenvalue weighted by Crippen LogP contribution is 2.65. The Kier molecular flexibility index (Phi) is 5.70. The minimum Gasteiger partial charge on any atom is -0.489 e. The molecular formula is C31H35F3N2O. The molecule has 0 N–H and O–H groups in total. The van der Waals surface area contributed by atoms with Gasteiger partial charge in [-0.2, -0.15) is 0 Å². The van der Waals surface area contributed by atoms with Crippen LogP contribution >= 0.6 is 0 Å². The van der Waals surface area contributed by atoms with E-state index in [1.54, 1.807) is 0 Å². The molecule has 4 fully saturated rings. The van der Waals surface area contributed by atoms with E-state index in [-0.39, 0.29) is 41.7 Å². The number of benzene rings is 2. The first kappa shape index (κ1) is 23.8. The molecule has 37 heavy (non-hydrogen) atoms. The summed E-state index contributed by atoms with van der Waals surface area (Å²) in [4.78, 5) is 4.64. The SMILES string of the molecule is C[C@@H]1CC2=C(Cc3ccccc32)[C@@H](c2c(F)cc(O[C@H]3CCN(CCCF)C3)cc2F)N1C12CC(C1)C2. The summed E-state index contributed by atoms with van der Waals surface area (Å²) in [6.45, 7) is 4.08. The zero-order valence-electron chi connectivity index (χ0n) is 21.5. The van der Waals surface area contributed by atoms with Crippen molar-refractivity contribution in [3.8, 4) is 5.75 Å². The molecule has 0 amide bonds. The number of nitrogens with zero attached hydrogens (tertiary/aromatic N) is 2. The van der Waals surface area contributed by atoms with Gasteiger partial charge in [-0.25, -0.2) is 8.78 Å². The fraction of sp³-hybridized carbons (Fsp3) is 0.548. The second-order valence-corrected chi connectivity index (χ2v) is 12.1. The average Bonchev–Trinajstić information content (AvgIpc) is 3.41. The van der Waals surface area contributed by atoms with Gasteiger partial charge in [-0.15, -0.1) is 0 Å². The third kappa shape index (κ3) is 3.77. The van der Waals surface area contributed by atoms with Gasteiger partial charge in [0.05, 0.1) is 12.7 Å². The summed E-state index contributed by atoms with van der Waals surface area (Å²) in [7, 11) is 0. The Hall–Kier alpha value is -2.31. The van der Waals surface area contributed by atoms with E-state index in [1.165, 1.54) is 34.4 Å². The van der Waals surface area contributed by atoms with E-state index in [1.807, 2.05) is 0 Å². The lowest BCUT2D eigenvalue weighted by Crippen LogP contribution is -2.71. The van der Waals surface area contributed by atoms with Crippen LogP contribution in [0.15, 0.2) is 42.0 Å². The van der Waals surface area contributed by atoms with E-state index in [0.717, 1.165) is 51.0 Å². The Labute approximate surface area is 217 Å². The van der Waals surface area contributed by atoms with E-state index in [0.29, 0.717) is 19.5 Å². The molecule has 2 aromatic rings. The number of alkyl halides is 1. The molecule has 2 aliphatic heterocycles. The van der Waals surface area contributed by atoms with Gasteiger partial charge >= 0.3 is 0 Å². The van der Waals surface area contributed by atoms with Crippen LogP contribution in [-0.2, 0) is 6.42 Å². The fourth-order valence-corrected chi connectivity index (χ4v) is 8.04. The Balaban J connectivity index is 1.22. The van der Waals surface area contributed by atoms with Crippen molar-refractivity contribution in [1.29, 1.82) is 0 Å². The summed E-state index contributed by atoms with van der Waals surface area (Å²) < 4.78 is 50.6. The lowest BCUT2D eigenvalue weighted by atomic mass is 9.48. The zero-order chi connectivity index (χ0) is 25.3. The predicted octanol–water partition coefficient (Wildman–Crippen LogP) is 6.48. The van der Waals surface area contributed by atoms with E-state index in [9.17, 15) is 4.39 Å². The maximum Gasteiger partial charge on any atom is 0.134 e. The minimum absolute atomic E-state index is 0.0863. The Morgan fingerprint density at radius 1 is 1.08 bits per heavy atom. The maximum atomic E-state index is 16.0. The first-order valence-electron chi connectivity index (χ1n) is 14.0. The molecule has 4 aliphatic carbocycles. The van der Waals surface area contributed by atoms with Crippen molar-refractivity contribution in [2.45, 2.75) is 75.6 Å². The highest BCUT2D eigenvalue weighted by Gasteiger charge is 2.63. The second kappa shape index (κ2) is 8.88. The number of ether oxygens (including phenoxy) is 1. The molecule has 8 rings (SSSR count). The highest BCUT2D eigenvalue weighted by atomic mass is 19.1. The molecule has 3 saturated carbocycles. The van der Waals surface area contributed by atoms with Gasteiger partial charge in [0.2, 0.25) is 0 Å². The van der Waals surface area contributed by atoms with Gasteiger partial charge in [0.1, 0.15) is 23.5 Å². The first-order valence-corrected chi connectivity index (χ1v) is 14.0. The predicted molar refractivity (Wildman–Crippen MR) is 138 cm³/mol. The highest BCUT2D eigenvalue weighted by molar-refractivity contribution is 5.79. The molecule has 2 bridgehead atoms. The first-order chi connectivity index (χ1) is 18.0. The van der Waals surface area contributed by atoms with Gasteiger partial charge in [-0.3, -0.25) is 14.2 Å². The summed E-state index contributed by atoms with van der Waals surface area (Å²) >= 11 is 0. The average molecular weight is 509 g/mol. The molecule has 3 nitrogen and oxygen atoms in total. The van der Waals surface area contributed by atoms with E-state index in [2.05, 4.69) is 41.0 Å². The summed E-state index contributed by atoms with van der Waals surface area (Å²) in [5.74, 6) is 0.00727. The third-order valence-corrected chi connectivity index (χ3v) is 9.71. The molecule has 2 heterocycles. The normalized spacial score (nSPS) is 32.6. The Bertz CT molecular complexity index is 1220. The van der Waals surface area contributed by atoms with Crippen LogP contribution < -0.4 is 4.74 Å². The topological polar surface area (TPSA) is 15.7 Å². The molecule has 0 unspecified atom stereocenters. The second-order valence-electron chi connectivity index (χ2n) is 12.1. The number of rotatable bonds is 7. The van der Waals surface area contributed by atoms with Crippen LogP contribution in [0.5, 0.6) is 5.75 Å². The van der Waals surface area contributed by atoms with E-state index >= 15 is 8.78 Å². The Morgan fingerprint density at radius 2 is 1.84 bits per heavy atom. The number of halogens is 3. The lowest BCUT2D eigenvalue weighted by molar-refractivity contribution is -0.173. The minimum atomic E-state index is -0.513. The van der Waals surface area contributed by atoms with Crippen LogP contribution in [0.1, 0.15) is 68.2 Å². The van der Waals surface area contributed by atoms with Crippen molar-refractivity contribution in [2.75, 3.05) is 26.3 Å². The van der Waals surface area contributed by atoms with Gasteiger partial charge < -0.3 is 4.74 Å². The quantitative estimate of drug-likeness (QED) is 0.426. The molecule has 0 spiro atoms. The van der Waals surface area contributed by atoms with Crippen molar-refractivity contribution in [3.63, 3.8) is 0 Å². The van der Waals surface area contributed by atoms with Crippen molar-refractivity contribution in [1.82, 2.24) is 9.80 Å². The lowest BCUT2D eigenvalue weighted by Gasteiger charge is -2.70. The summed E-state index contributed by atoms with van der Waals surface area (Å²) in [5, 5.41) is 0. The maximum absolute atomic E-state index is 16.0. The number of hydrogen-bond acceptors (Lipinski definition) is 3. The molecule has 196 valence electrons. The molecule has 0 radical (unpaired) electrons. The smallest absolute Gasteiger partial charge is 0.134 e. The van der Waals surface area contributed by atoms with Gasteiger partial charge in [0.25, 0.3) is 0 Å². The van der Waals surface area contributed by atoms with E-state index in [4.69, 9.17) is 4.74 Å². The third-order valence-electron chi connectivity index (χ3n) is 9.71. The summed E-state index contributed by atoms with van der Waals surface area (Å²) in [6, 6.07) is 11.1. The van der Waals surface area contributed by atoms with Gasteiger partial charge in [-0.05, 0) is 80.1 Å². The molecule has 6 heteroatoms. The monoisotopic (exact) mass is 508 g/mol. The van der Waals surface area contributed by atoms with Crippen LogP contribution in [0.3, 0.4) is 0 Å². The fourth-order valence-electron chi connectivity index (χ4n) is 8.04. The number of likely N-dealkylation sites (tertiary alicyclic amines) is 1. The standard InChI is InChI=1S/C31H35F3N2O/c1-19-11-25-24-6-3-2-5-21(24)12-26(25)30(36(19)31-15-20(16-31)17-31)29-27(33)13-23(14-28(29)34)37-22-7-10-35(18-22)9-4-8-32/h2-3,5-6,13-14,19-20,22,30H,4,7-12,15-18H2,1H3/t19-,20?,22+,30+,31?/m1/s1. The Morgan fingerprint density at radius 3 is 2.54 bits per heavy atom. The summed E-state index contributed by atoms with van der Waals surface area (Å²) in [5.41, 5.74) is 5.25. The van der Waals surface area contributed by atoms with Gasteiger partial charge in [-0.1, -0.05) is 24.3 Å². The molecule has 1 saturated heterocycles. The van der Waals surface area contributed by atoms with Crippen LogP contribution in [0.25, 0.3) is 5.57 Å². The molecule has 6 aliphatic rings. The molecule has 0 aromatic heterocycles. The zero-order valence-corrected chi connectivity index (χ0v) is 21.5. The molecular weight excluding hydrogens is 473 g/mol. The van der Waals surface area contributed by atoms with Gasteiger partial charge in [0, 0.05) is 48.9 Å². The van der Waals surface area contributed by atoms with Crippen molar-refractivity contribution >= 4 is 5.57 Å². The van der Waals surface area contributed by atoms with Crippen LogP contribution in [-0.4, -0.2) is 53.8 Å². The molecule has 3 atom stereocenters. The van der Waals surface area contributed by atoms with E-state index < -0.39 is 11.6 Å². The van der Waals surface area contributed by atoms with Crippen LogP contribution in [0.2, 0.25) is 0 Å².